The smallest absolute Gasteiger partial charge is 0.0659 e. The van der Waals surface area contributed by atoms with Crippen LogP contribution in [-0.4, -0.2) is 34.6 Å². The Kier molecular flexibility index (Phi) is 4.68. The summed E-state index contributed by atoms with van der Waals surface area (Å²) in [5, 5.41) is 7.57. The largest absolute Gasteiger partial charge is 0.397 e. The van der Waals surface area contributed by atoms with Crippen molar-refractivity contribution in [3.63, 3.8) is 0 Å². The van der Waals surface area contributed by atoms with Gasteiger partial charge >= 0.3 is 0 Å². The van der Waals surface area contributed by atoms with Gasteiger partial charge in [0.05, 0.1) is 45.6 Å². The highest BCUT2D eigenvalue weighted by Gasteiger charge is 2.11. The van der Waals surface area contributed by atoms with Gasteiger partial charge in [-0.2, -0.15) is 0 Å². The fraction of sp³-hybridized carbons (Fsp3) is 0.0909. The Morgan fingerprint density at radius 2 is 0.741 bits per heavy atom. The predicted molar refractivity (Wildman–Crippen MR) is 111 cm³/mol. The molecule has 0 aromatic rings. The van der Waals surface area contributed by atoms with E-state index < -0.39 is 0 Å². The summed E-state index contributed by atoms with van der Waals surface area (Å²) < 4.78 is 0. The zero-order chi connectivity index (χ0) is 18.6. The van der Waals surface area contributed by atoms with E-state index >= 15 is 0 Å². The van der Waals surface area contributed by atoms with E-state index in [4.69, 9.17) is 5.11 Å². The molecule has 0 aromatic heterocycles. The monoisotopic (exact) mass is 354 g/mol. The normalized spacial score (nSPS) is 20.8. The molecule has 27 heavy (non-hydrogen) atoms. The van der Waals surface area contributed by atoms with Crippen molar-refractivity contribution < 1.29 is 5.11 Å². The number of rotatable bonds is 0. The van der Waals surface area contributed by atoms with Gasteiger partial charge in [-0.05, 0) is 79.8 Å². The minimum Gasteiger partial charge on any atom is -0.397 e. The Balaban J connectivity index is 0.000000565. The van der Waals surface area contributed by atoms with Crippen LogP contribution in [-0.2, 0) is 0 Å². The third-order valence-electron chi connectivity index (χ3n) is 3.92. The van der Waals surface area contributed by atoms with Crippen molar-refractivity contribution in [1.82, 2.24) is 0 Å². The molecule has 5 rings (SSSR count). The first kappa shape index (κ1) is 17.0. The average Bonchev–Trinajstić information content (AvgIpc) is 3.41. The van der Waals surface area contributed by atoms with Crippen LogP contribution in [0.25, 0.3) is 0 Å². The maximum Gasteiger partial charge on any atom is 0.0659 e. The number of fused-ring (bicyclic) bond motifs is 4. The molecule has 5 heterocycles. The summed E-state index contributed by atoms with van der Waals surface area (Å²) in [6.07, 6.45) is 23.8. The van der Waals surface area contributed by atoms with Crippen molar-refractivity contribution >= 4 is 22.8 Å². The summed E-state index contributed by atoms with van der Waals surface area (Å²) in [6, 6.07) is 0. The van der Waals surface area contributed by atoms with E-state index in [2.05, 4.69) is 20.0 Å². The highest BCUT2D eigenvalue weighted by atomic mass is 16.2. The number of allylic oxidation sites excluding steroid dienone is 12. The van der Waals surface area contributed by atoms with Gasteiger partial charge in [0, 0.05) is 6.61 Å². The van der Waals surface area contributed by atoms with Crippen LogP contribution in [0.5, 0.6) is 0 Å². The van der Waals surface area contributed by atoms with E-state index in [1.807, 2.05) is 72.9 Å². The van der Waals surface area contributed by atoms with Crippen LogP contribution in [0.3, 0.4) is 0 Å². The molecular formula is C22H18N4O. The lowest BCUT2D eigenvalue weighted by molar-refractivity contribution is 0.318. The number of aliphatic hydroxyl groups is 1. The summed E-state index contributed by atoms with van der Waals surface area (Å²) >= 11 is 0. The third-order valence-corrected chi connectivity index (χ3v) is 3.92. The van der Waals surface area contributed by atoms with Gasteiger partial charge in [-0.1, -0.05) is 0 Å². The van der Waals surface area contributed by atoms with Crippen molar-refractivity contribution in [2.24, 2.45) is 20.0 Å². The summed E-state index contributed by atoms with van der Waals surface area (Å²) in [7, 11) is 0. The molecule has 5 aliphatic heterocycles. The zero-order valence-corrected chi connectivity index (χ0v) is 14.9. The Morgan fingerprint density at radius 3 is 0.963 bits per heavy atom. The van der Waals surface area contributed by atoms with Crippen molar-refractivity contribution in [3.05, 3.63) is 95.7 Å². The molecular weight excluding hydrogens is 336 g/mol. The van der Waals surface area contributed by atoms with E-state index in [9.17, 15) is 0 Å². The molecule has 0 fully saturated rings. The molecule has 0 saturated heterocycles. The second-order valence-electron chi connectivity index (χ2n) is 6.07. The van der Waals surface area contributed by atoms with Crippen molar-refractivity contribution in [1.29, 1.82) is 0 Å². The summed E-state index contributed by atoms with van der Waals surface area (Å²) in [6.45, 7) is 1.93. The van der Waals surface area contributed by atoms with Crippen LogP contribution >= 0.6 is 0 Å². The van der Waals surface area contributed by atoms with Crippen LogP contribution in [0.1, 0.15) is 6.92 Å². The van der Waals surface area contributed by atoms with E-state index in [0.717, 1.165) is 45.6 Å². The number of hydrogen-bond donors (Lipinski definition) is 1. The first-order chi connectivity index (χ1) is 13.2. The lowest BCUT2D eigenvalue weighted by Crippen LogP contribution is -1.89. The second-order valence-corrected chi connectivity index (χ2v) is 6.07. The molecule has 0 atom stereocenters. The van der Waals surface area contributed by atoms with Gasteiger partial charge < -0.3 is 5.11 Å². The summed E-state index contributed by atoms with van der Waals surface area (Å²) in [5.74, 6) is 0. The van der Waals surface area contributed by atoms with Crippen molar-refractivity contribution in [2.75, 3.05) is 6.61 Å². The van der Waals surface area contributed by atoms with E-state index in [-0.39, 0.29) is 6.61 Å². The van der Waals surface area contributed by atoms with Crippen LogP contribution < -0.4 is 0 Å². The number of hydrogen-bond acceptors (Lipinski definition) is 5. The fourth-order valence-electron chi connectivity index (χ4n) is 2.83. The molecule has 5 nitrogen and oxygen atoms in total. The Hall–Kier alpha value is -3.44. The molecule has 0 amide bonds. The average molecular weight is 354 g/mol. The van der Waals surface area contributed by atoms with Gasteiger partial charge in [-0.25, -0.2) is 20.0 Å². The molecule has 5 heteroatoms. The molecule has 0 aliphatic carbocycles. The number of nitrogens with zero attached hydrogens (tertiary/aromatic N) is 4. The van der Waals surface area contributed by atoms with Gasteiger partial charge in [0.25, 0.3) is 0 Å². The Morgan fingerprint density at radius 1 is 0.519 bits per heavy atom. The molecule has 132 valence electrons. The quantitative estimate of drug-likeness (QED) is 0.710. The minimum atomic E-state index is 0.250. The Bertz CT molecular complexity index is 864. The molecule has 0 saturated carbocycles. The van der Waals surface area contributed by atoms with E-state index in [1.54, 1.807) is 6.92 Å². The molecule has 0 aromatic carbocycles. The van der Waals surface area contributed by atoms with E-state index in [1.165, 1.54) is 0 Å². The van der Waals surface area contributed by atoms with Gasteiger partial charge in [-0.3, -0.25) is 0 Å². The minimum absolute atomic E-state index is 0.250. The predicted octanol–water partition coefficient (Wildman–Crippen LogP) is 3.58. The molecule has 1 N–H and O–H groups in total. The molecule has 0 unspecified atom stereocenters. The highest BCUT2D eigenvalue weighted by Crippen LogP contribution is 2.20. The van der Waals surface area contributed by atoms with Crippen molar-refractivity contribution in [3.8, 4) is 0 Å². The Labute approximate surface area is 157 Å². The third kappa shape index (κ3) is 4.04. The van der Waals surface area contributed by atoms with Gasteiger partial charge in [0.2, 0.25) is 0 Å². The molecule has 8 bridgehead atoms. The highest BCUT2D eigenvalue weighted by molar-refractivity contribution is 6.14. The maximum atomic E-state index is 7.57. The van der Waals surface area contributed by atoms with Gasteiger partial charge in [0.15, 0.2) is 0 Å². The molecule has 5 aliphatic rings. The van der Waals surface area contributed by atoms with Crippen molar-refractivity contribution in [2.45, 2.75) is 6.92 Å². The topological polar surface area (TPSA) is 69.7 Å². The molecule has 0 radical (unpaired) electrons. The van der Waals surface area contributed by atoms with Crippen LogP contribution in [0.4, 0.5) is 0 Å². The zero-order valence-electron chi connectivity index (χ0n) is 14.9. The second kappa shape index (κ2) is 7.43. The van der Waals surface area contributed by atoms with Crippen LogP contribution in [0.2, 0.25) is 0 Å². The lowest BCUT2D eigenvalue weighted by Gasteiger charge is -1.94. The summed E-state index contributed by atoms with van der Waals surface area (Å²) in [4.78, 5) is 18.4. The van der Waals surface area contributed by atoms with Gasteiger partial charge in [0.1, 0.15) is 0 Å². The maximum absolute atomic E-state index is 7.57. The fourth-order valence-corrected chi connectivity index (χ4v) is 2.83. The SMILES string of the molecule is C1=CC2=NC1=CC1=NC(=CC3=NC(=CC4=NC(=C2)C=C4)C=C3)C=C1.CCO. The summed E-state index contributed by atoms with van der Waals surface area (Å²) in [5.41, 5.74) is 7.15. The number of aliphatic hydroxyl groups excluding tert-OH is 1. The standard InChI is InChI=1S/C20H12N4.C2H6O/c1-2-14-10-16-5-6-18(23-16)12-20-8-7-19(24-20)11-17-4-3-15(22-17)9-13(1)21-14;1-2-3/h1-12H;3H,2H2,1H3. The lowest BCUT2D eigenvalue weighted by atomic mass is 10.2. The van der Waals surface area contributed by atoms with Crippen LogP contribution in [0, 0.1) is 0 Å². The molecule has 0 spiro atoms. The van der Waals surface area contributed by atoms with Gasteiger partial charge in [-0.15, -0.1) is 0 Å². The van der Waals surface area contributed by atoms with Crippen LogP contribution in [0.15, 0.2) is 116 Å². The number of aliphatic imine (C=N–C) groups is 4. The first-order valence-corrected chi connectivity index (χ1v) is 8.76. The first-order valence-electron chi connectivity index (χ1n) is 8.76. The van der Waals surface area contributed by atoms with E-state index in [0.29, 0.717) is 0 Å².